The minimum absolute atomic E-state index is 0.0620. The third kappa shape index (κ3) is 3.57. The zero-order chi connectivity index (χ0) is 18.7. The van der Waals surface area contributed by atoms with Crippen molar-refractivity contribution in [3.63, 3.8) is 0 Å². The van der Waals surface area contributed by atoms with Crippen molar-refractivity contribution in [3.05, 3.63) is 46.4 Å². The molecule has 0 fully saturated rings. The summed E-state index contributed by atoms with van der Waals surface area (Å²) in [5, 5.41) is 6.25. The number of ether oxygens (including phenoxy) is 1. The van der Waals surface area contributed by atoms with E-state index in [4.69, 9.17) is 4.74 Å². The fraction of sp³-hybridized carbons (Fsp3) is 0.200. The van der Waals surface area contributed by atoms with Crippen LogP contribution in [-0.2, 0) is 16.1 Å². The molecule has 0 unspecified atom stereocenters. The molecule has 1 amide bonds. The highest BCUT2D eigenvalue weighted by Gasteiger charge is 2.20. The molecule has 0 aliphatic rings. The van der Waals surface area contributed by atoms with Gasteiger partial charge in [-0.25, -0.2) is 14.2 Å². The lowest BCUT2D eigenvalue weighted by Gasteiger charge is -2.07. The summed E-state index contributed by atoms with van der Waals surface area (Å²) in [5.41, 5.74) is -0.349. The van der Waals surface area contributed by atoms with Gasteiger partial charge in [-0.05, 0) is 25.1 Å². The molecular weight excluding hydrogens is 365 g/mol. The van der Waals surface area contributed by atoms with Gasteiger partial charge in [0.05, 0.1) is 23.8 Å². The van der Waals surface area contributed by atoms with Crippen LogP contribution in [0.25, 0.3) is 10.9 Å². The van der Waals surface area contributed by atoms with Crippen LogP contribution < -0.4 is 10.9 Å². The maximum Gasteiger partial charge on any atom is 0.362 e. The van der Waals surface area contributed by atoms with E-state index in [0.717, 1.165) is 22.2 Å². The molecule has 0 aliphatic carbocycles. The van der Waals surface area contributed by atoms with E-state index in [0.29, 0.717) is 5.52 Å². The Morgan fingerprint density at radius 2 is 2.19 bits per heavy atom. The van der Waals surface area contributed by atoms with E-state index in [9.17, 15) is 18.8 Å². The van der Waals surface area contributed by atoms with Gasteiger partial charge in [0, 0.05) is 11.5 Å². The van der Waals surface area contributed by atoms with Crippen LogP contribution >= 0.6 is 11.5 Å². The Bertz CT molecular complexity index is 1050. The van der Waals surface area contributed by atoms with Crippen LogP contribution in [0.1, 0.15) is 17.4 Å². The quantitative estimate of drug-likeness (QED) is 0.664. The van der Waals surface area contributed by atoms with Crippen molar-refractivity contribution in [1.29, 1.82) is 0 Å². The molecule has 0 radical (unpaired) electrons. The van der Waals surface area contributed by atoms with Gasteiger partial charge < -0.3 is 10.1 Å². The normalized spacial score (nSPS) is 10.7. The van der Waals surface area contributed by atoms with Crippen LogP contribution in [0.4, 0.5) is 9.39 Å². The Labute approximate surface area is 149 Å². The largest absolute Gasteiger partial charge is 0.461 e. The smallest absolute Gasteiger partial charge is 0.362 e. The first-order valence-electron chi connectivity index (χ1n) is 7.43. The fourth-order valence-electron chi connectivity index (χ4n) is 2.17. The van der Waals surface area contributed by atoms with E-state index in [1.165, 1.54) is 18.5 Å². The Balaban J connectivity index is 1.80. The Morgan fingerprint density at radius 3 is 2.96 bits per heavy atom. The predicted molar refractivity (Wildman–Crippen MR) is 90.5 cm³/mol. The lowest BCUT2D eigenvalue weighted by Crippen LogP contribution is -2.28. The average Bonchev–Trinajstić information content (AvgIpc) is 3.06. The van der Waals surface area contributed by atoms with Gasteiger partial charge in [0.15, 0.2) is 5.00 Å². The second kappa shape index (κ2) is 7.35. The molecular formula is C15H12FN5O4S. The molecule has 1 aromatic carbocycles. The molecule has 0 atom stereocenters. The highest BCUT2D eigenvalue weighted by molar-refractivity contribution is 7.10. The van der Waals surface area contributed by atoms with Gasteiger partial charge >= 0.3 is 5.97 Å². The number of hydrogen-bond acceptors (Lipinski definition) is 8. The number of fused-ring (bicyclic) bond motifs is 1. The van der Waals surface area contributed by atoms with Gasteiger partial charge in [-0.2, -0.15) is 0 Å². The summed E-state index contributed by atoms with van der Waals surface area (Å²) in [6.07, 6.45) is 1.19. The predicted octanol–water partition coefficient (Wildman–Crippen LogP) is 1.20. The zero-order valence-corrected chi connectivity index (χ0v) is 14.2. The summed E-state index contributed by atoms with van der Waals surface area (Å²) in [6, 6.07) is 3.63. The molecule has 0 bridgehead atoms. The number of rotatable bonds is 5. The van der Waals surface area contributed by atoms with E-state index in [1.54, 1.807) is 6.92 Å². The summed E-state index contributed by atoms with van der Waals surface area (Å²) >= 11 is 0.805. The van der Waals surface area contributed by atoms with Crippen LogP contribution in [0.2, 0.25) is 0 Å². The number of aromatic nitrogens is 4. The second-order valence-corrected chi connectivity index (χ2v) is 5.81. The van der Waals surface area contributed by atoms with Crippen LogP contribution in [0.15, 0.2) is 29.3 Å². The lowest BCUT2D eigenvalue weighted by atomic mass is 10.2. The van der Waals surface area contributed by atoms with Crippen LogP contribution in [-0.4, -0.2) is 37.6 Å². The number of carbonyl (C=O) groups excluding carboxylic acids is 2. The Kier molecular flexibility index (Phi) is 4.98. The molecule has 2 aromatic heterocycles. The second-order valence-electron chi connectivity index (χ2n) is 5.06. The minimum atomic E-state index is -0.712. The van der Waals surface area contributed by atoms with Crippen molar-refractivity contribution in [2.75, 3.05) is 11.9 Å². The molecule has 0 aliphatic heterocycles. The highest BCUT2D eigenvalue weighted by Crippen LogP contribution is 2.18. The molecule has 3 aromatic rings. The molecule has 0 spiro atoms. The van der Waals surface area contributed by atoms with Gasteiger partial charge in [0.1, 0.15) is 12.4 Å². The molecule has 0 saturated carbocycles. The number of halogens is 1. The van der Waals surface area contributed by atoms with Gasteiger partial charge in [0.25, 0.3) is 5.56 Å². The molecule has 0 saturated heterocycles. The molecule has 3 rings (SSSR count). The third-order valence-corrected chi connectivity index (χ3v) is 3.95. The van der Waals surface area contributed by atoms with E-state index in [-0.39, 0.29) is 29.2 Å². The molecule has 26 heavy (non-hydrogen) atoms. The number of nitrogens with zero attached hydrogens (tertiary/aromatic N) is 4. The van der Waals surface area contributed by atoms with Gasteiger partial charge in [-0.3, -0.25) is 14.2 Å². The first-order chi connectivity index (χ1) is 12.5. The molecule has 2 heterocycles. The monoisotopic (exact) mass is 377 g/mol. The van der Waals surface area contributed by atoms with E-state index in [2.05, 4.69) is 19.9 Å². The summed E-state index contributed by atoms with van der Waals surface area (Å²) in [6.45, 7) is 1.41. The minimum Gasteiger partial charge on any atom is -0.461 e. The van der Waals surface area contributed by atoms with Crippen molar-refractivity contribution < 1.29 is 18.7 Å². The Hall–Kier alpha value is -3.21. The summed E-state index contributed by atoms with van der Waals surface area (Å²) in [4.78, 5) is 40.3. The van der Waals surface area contributed by atoms with Gasteiger partial charge in [-0.1, -0.05) is 4.49 Å². The zero-order valence-electron chi connectivity index (χ0n) is 13.4. The maximum atomic E-state index is 13.3. The standard InChI is InChI=1S/C15H12FN5O4S/c1-2-25-15(24)12-13(26-20-19-12)18-11(22)6-21-7-17-10-4-3-8(16)5-9(10)14(21)23/h3-5,7H,2,6H2,1H3,(H,18,22). The van der Waals surface area contributed by atoms with Crippen LogP contribution in [0.5, 0.6) is 0 Å². The summed E-state index contributed by atoms with van der Waals surface area (Å²) in [5.74, 6) is -1.88. The topological polar surface area (TPSA) is 116 Å². The molecule has 9 nitrogen and oxygen atoms in total. The summed E-state index contributed by atoms with van der Waals surface area (Å²) < 4.78 is 22.8. The van der Waals surface area contributed by atoms with E-state index >= 15 is 0 Å². The molecule has 134 valence electrons. The van der Waals surface area contributed by atoms with Gasteiger partial charge in [-0.15, -0.1) is 5.10 Å². The molecule has 1 N–H and O–H groups in total. The maximum absolute atomic E-state index is 13.3. The lowest BCUT2D eigenvalue weighted by molar-refractivity contribution is -0.116. The number of esters is 1. The average molecular weight is 377 g/mol. The van der Waals surface area contributed by atoms with Crippen molar-refractivity contribution in [2.45, 2.75) is 13.5 Å². The summed E-state index contributed by atoms with van der Waals surface area (Å²) in [7, 11) is 0. The van der Waals surface area contributed by atoms with E-state index < -0.39 is 23.3 Å². The SMILES string of the molecule is CCOC(=O)c1nnsc1NC(=O)Cn1cnc2ccc(F)cc2c1=O. The highest BCUT2D eigenvalue weighted by atomic mass is 32.1. The number of hydrogen-bond donors (Lipinski definition) is 1. The van der Waals surface area contributed by atoms with Crippen LogP contribution in [0.3, 0.4) is 0 Å². The third-order valence-electron chi connectivity index (χ3n) is 3.31. The van der Waals surface area contributed by atoms with Crippen molar-refractivity contribution >= 4 is 39.3 Å². The number of amides is 1. The van der Waals surface area contributed by atoms with Crippen LogP contribution in [0, 0.1) is 5.82 Å². The first kappa shape index (κ1) is 17.6. The molecule has 11 heteroatoms. The van der Waals surface area contributed by atoms with Gasteiger partial charge in [0.2, 0.25) is 11.6 Å². The number of nitrogens with one attached hydrogen (secondary N) is 1. The first-order valence-corrected chi connectivity index (χ1v) is 8.21. The fourth-order valence-corrected chi connectivity index (χ4v) is 2.74. The number of carbonyl (C=O) groups is 2. The van der Waals surface area contributed by atoms with Crippen molar-refractivity contribution in [2.24, 2.45) is 0 Å². The van der Waals surface area contributed by atoms with E-state index in [1.807, 2.05) is 0 Å². The van der Waals surface area contributed by atoms with Crippen molar-refractivity contribution in [3.8, 4) is 0 Å². The number of anilines is 1. The Morgan fingerprint density at radius 1 is 1.38 bits per heavy atom. The van der Waals surface area contributed by atoms with Crippen molar-refractivity contribution in [1.82, 2.24) is 19.1 Å². The number of benzene rings is 1.